The third-order valence-corrected chi connectivity index (χ3v) is 6.15. The molecule has 0 bridgehead atoms. The predicted molar refractivity (Wildman–Crippen MR) is 135 cm³/mol. The van der Waals surface area contributed by atoms with E-state index in [1.807, 2.05) is 54.3 Å². The highest BCUT2D eigenvalue weighted by molar-refractivity contribution is 5.94. The molecule has 1 heterocycles. The average molecular weight is 444 g/mol. The zero-order valence-electron chi connectivity index (χ0n) is 20.0. The van der Waals surface area contributed by atoms with Gasteiger partial charge in [0, 0.05) is 56.5 Å². The fourth-order valence-corrected chi connectivity index (χ4v) is 4.31. The topological polar surface area (TPSA) is 58.8 Å². The van der Waals surface area contributed by atoms with Crippen LogP contribution in [-0.2, 0) is 6.42 Å². The monoisotopic (exact) mass is 443 g/mol. The Balaban J connectivity index is 1.48. The molecule has 1 saturated heterocycles. The van der Waals surface area contributed by atoms with E-state index < -0.39 is 0 Å². The first-order valence-corrected chi connectivity index (χ1v) is 11.5. The summed E-state index contributed by atoms with van der Waals surface area (Å²) in [6.07, 6.45) is 1.52. The lowest BCUT2D eigenvalue weighted by atomic mass is 10.0. The molecule has 2 N–H and O–H groups in total. The molecule has 172 valence electrons. The Hall–Kier alpha value is -3.47. The van der Waals surface area contributed by atoms with Gasteiger partial charge in [-0.1, -0.05) is 29.8 Å². The van der Waals surface area contributed by atoms with Crippen LogP contribution < -0.4 is 15.4 Å². The van der Waals surface area contributed by atoms with Crippen LogP contribution in [0.3, 0.4) is 0 Å². The van der Waals surface area contributed by atoms with E-state index in [0.717, 1.165) is 35.3 Å². The number of carbonyl (C=O) groups is 1. The first kappa shape index (κ1) is 22.7. The van der Waals surface area contributed by atoms with E-state index in [1.54, 1.807) is 0 Å². The van der Waals surface area contributed by atoms with E-state index in [9.17, 15) is 4.79 Å². The number of rotatable bonds is 6. The van der Waals surface area contributed by atoms with Crippen LogP contribution in [-0.4, -0.2) is 44.1 Å². The van der Waals surface area contributed by atoms with Crippen molar-refractivity contribution in [3.8, 4) is 5.75 Å². The maximum atomic E-state index is 12.9. The van der Waals surface area contributed by atoms with Crippen molar-refractivity contribution in [3.05, 3.63) is 88.5 Å². The largest absolute Gasteiger partial charge is 0.488 e. The zero-order chi connectivity index (χ0) is 23.5. The van der Waals surface area contributed by atoms with Crippen LogP contribution in [0, 0.1) is 13.8 Å². The van der Waals surface area contributed by atoms with Crippen LogP contribution in [0.25, 0.3) is 0 Å². The molecule has 33 heavy (non-hydrogen) atoms. The molecule has 5 heteroatoms. The molecule has 5 nitrogen and oxygen atoms in total. The number of nitrogens with zero attached hydrogens (tertiary/aromatic N) is 2. The zero-order valence-corrected chi connectivity index (χ0v) is 20.0. The van der Waals surface area contributed by atoms with E-state index in [1.165, 1.54) is 16.8 Å². The minimum Gasteiger partial charge on any atom is -0.488 e. The summed E-state index contributed by atoms with van der Waals surface area (Å²) in [5.41, 5.74) is 13.4. The number of hydrogen-bond acceptors (Lipinski definition) is 4. The van der Waals surface area contributed by atoms with Gasteiger partial charge in [-0.2, -0.15) is 0 Å². The van der Waals surface area contributed by atoms with Crippen molar-refractivity contribution in [2.45, 2.75) is 32.8 Å². The van der Waals surface area contributed by atoms with Crippen molar-refractivity contribution in [1.82, 2.24) is 4.90 Å². The van der Waals surface area contributed by atoms with E-state index in [4.69, 9.17) is 10.5 Å². The van der Waals surface area contributed by atoms with Gasteiger partial charge in [-0.25, -0.2) is 0 Å². The van der Waals surface area contributed by atoms with Gasteiger partial charge < -0.3 is 20.3 Å². The maximum absolute atomic E-state index is 12.9. The number of carbonyl (C=O) groups excluding carboxylic acids is 1. The number of anilines is 2. The summed E-state index contributed by atoms with van der Waals surface area (Å²) < 4.78 is 6.42. The molecule has 1 atom stereocenters. The summed E-state index contributed by atoms with van der Waals surface area (Å²) >= 11 is 0. The molecule has 0 unspecified atom stereocenters. The summed E-state index contributed by atoms with van der Waals surface area (Å²) in [5, 5.41) is 0. The van der Waals surface area contributed by atoms with Crippen molar-refractivity contribution in [1.29, 1.82) is 0 Å². The molecule has 0 spiro atoms. The number of nitrogens with two attached hydrogens (primary N) is 1. The maximum Gasteiger partial charge on any atom is 0.253 e. The molecular weight excluding hydrogens is 410 g/mol. The standard InChI is InChI=1S/C28H33N3O2/c1-19-5-7-22(8-6-19)28(32)31-12-11-26(18-31)33-27-17-24(29)10-9-23(27)15-21-13-20(2)14-25(16-21)30(3)4/h5-10,13-14,16-17,26H,11-12,15,18,29H2,1-4H3/t26-/m1/s1. The molecule has 1 aliphatic rings. The molecule has 1 amide bonds. The highest BCUT2D eigenvalue weighted by atomic mass is 16.5. The van der Waals surface area contributed by atoms with Crippen LogP contribution in [0.15, 0.2) is 60.7 Å². The highest BCUT2D eigenvalue weighted by Crippen LogP contribution is 2.29. The number of ether oxygens (including phenoxy) is 1. The van der Waals surface area contributed by atoms with Crippen LogP contribution >= 0.6 is 0 Å². The normalized spacial score (nSPS) is 15.5. The second kappa shape index (κ2) is 9.57. The molecule has 3 aromatic rings. The lowest BCUT2D eigenvalue weighted by molar-refractivity contribution is 0.0772. The summed E-state index contributed by atoms with van der Waals surface area (Å²) in [4.78, 5) is 16.9. The van der Waals surface area contributed by atoms with Gasteiger partial charge >= 0.3 is 0 Å². The summed E-state index contributed by atoms with van der Waals surface area (Å²) in [7, 11) is 4.11. The van der Waals surface area contributed by atoms with E-state index in [0.29, 0.717) is 18.8 Å². The summed E-state index contributed by atoms with van der Waals surface area (Å²) in [6, 6.07) is 20.2. The third-order valence-electron chi connectivity index (χ3n) is 6.15. The minimum absolute atomic E-state index is 0.0465. The molecule has 0 saturated carbocycles. The molecule has 3 aromatic carbocycles. The Labute approximate surface area is 196 Å². The molecule has 1 fully saturated rings. The van der Waals surface area contributed by atoms with Crippen LogP contribution in [0.5, 0.6) is 5.75 Å². The van der Waals surface area contributed by atoms with Crippen LogP contribution in [0.2, 0.25) is 0 Å². The quantitative estimate of drug-likeness (QED) is 0.554. The fraction of sp³-hybridized carbons (Fsp3) is 0.321. The molecule has 0 aliphatic carbocycles. The van der Waals surface area contributed by atoms with E-state index in [-0.39, 0.29) is 12.0 Å². The molecule has 1 aliphatic heterocycles. The van der Waals surface area contributed by atoms with Crippen LogP contribution in [0.4, 0.5) is 11.4 Å². The highest BCUT2D eigenvalue weighted by Gasteiger charge is 2.28. The Morgan fingerprint density at radius 1 is 1.03 bits per heavy atom. The summed E-state index contributed by atoms with van der Waals surface area (Å²) in [6.45, 7) is 5.42. The third kappa shape index (κ3) is 5.48. The molecule has 0 radical (unpaired) electrons. The van der Waals surface area contributed by atoms with Gasteiger partial charge in [-0.05, 0) is 60.9 Å². The van der Waals surface area contributed by atoms with Crippen molar-refractivity contribution < 1.29 is 9.53 Å². The number of amides is 1. The lowest BCUT2D eigenvalue weighted by Gasteiger charge is -2.20. The molecule has 0 aromatic heterocycles. The Morgan fingerprint density at radius 3 is 2.52 bits per heavy atom. The van der Waals surface area contributed by atoms with Gasteiger partial charge in [0.1, 0.15) is 11.9 Å². The lowest BCUT2D eigenvalue weighted by Crippen LogP contribution is -2.31. The van der Waals surface area contributed by atoms with Gasteiger partial charge in [-0.15, -0.1) is 0 Å². The fourth-order valence-electron chi connectivity index (χ4n) is 4.31. The van der Waals surface area contributed by atoms with E-state index >= 15 is 0 Å². The second-order valence-electron chi connectivity index (χ2n) is 9.26. The Kier molecular flexibility index (Phi) is 6.59. The number of aryl methyl sites for hydroxylation is 2. The van der Waals surface area contributed by atoms with Crippen molar-refractivity contribution in [2.75, 3.05) is 37.8 Å². The van der Waals surface area contributed by atoms with Crippen molar-refractivity contribution in [3.63, 3.8) is 0 Å². The van der Waals surface area contributed by atoms with Gasteiger partial charge in [0.05, 0.1) is 6.54 Å². The molecular formula is C28H33N3O2. The predicted octanol–water partition coefficient (Wildman–Crippen LogP) is 4.84. The van der Waals surface area contributed by atoms with Crippen molar-refractivity contribution >= 4 is 17.3 Å². The van der Waals surface area contributed by atoms with Gasteiger partial charge in [-0.3, -0.25) is 4.79 Å². The van der Waals surface area contributed by atoms with Gasteiger partial charge in [0.25, 0.3) is 5.91 Å². The SMILES string of the molecule is Cc1ccc(C(=O)N2CC[C@@H](Oc3cc(N)ccc3Cc3cc(C)cc(N(C)C)c3)C2)cc1. The Morgan fingerprint density at radius 2 is 1.79 bits per heavy atom. The molecule has 4 rings (SSSR count). The first-order chi connectivity index (χ1) is 15.8. The average Bonchev–Trinajstić information content (AvgIpc) is 3.24. The number of likely N-dealkylation sites (tertiary alicyclic amines) is 1. The van der Waals surface area contributed by atoms with E-state index in [2.05, 4.69) is 44.1 Å². The van der Waals surface area contributed by atoms with Gasteiger partial charge in [0.2, 0.25) is 0 Å². The minimum atomic E-state index is -0.0465. The smallest absolute Gasteiger partial charge is 0.253 e. The number of nitrogen functional groups attached to an aromatic ring is 1. The number of benzene rings is 3. The Bertz CT molecular complexity index is 1140. The van der Waals surface area contributed by atoms with Crippen molar-refractivity contribution in [2.24, 2.45) is 0 Å². The second-order valence-corrected chi connectivity index (χ2v) is 9.26. The first-order valence-electron chi connectivity index (χ1n) is 11.5. The van der Waals surface area contributed by atoms with Gasteiger partial charge in [0.15, 0.2) is 0 Å². The van der Waals surface area contributed by atoms with Crippen LogP contribution in [0.1, 0.15) is 39.0 Å². The number of hydrogen-bond donors (Lipinski definition) is 1. The summed E-state index contributed by atoms with van der Waals surface area (Å²) in [5.74, 6) is 0.863.